The molecule has 0 aliphatic rings. The van der Waals surface area contributed by atoms with Gasteiger partial charge in [-0.25, -0.2) is 0 Å². The summed E-state index contributed by atoms with van der Waals surface area (Å²) in [5, 5.41) is 32.7. The Hall–Kier alpha value is -3.07. The number of alkyl halides is 2. The summed E-state index contributed by atoms with van der Waals surface area (Å²) in [7, 11) is 0. The number of phenolic OH excluding ortho intramolecular Hbond substituents is 1. The fourth-order valence-electron chi connectivity index (χ4n) is 2.51. The summed E-state index contributed by atoms with van der Waals surface area (Å²) in [6.45, 7) is 0.575. The number of rotatable bonds is 6. The van der Waals surface area contributed by atoms with E-state index in [0.29, 0.717) is 27.8 Å². The maximum Gasteiger partial charge on any atom is 0.387 e. The predicted octanol–water partition coefficient (Wildman–Crippen LogP) is 3.18. The van der Waals surface area contributed by atoms with Crippen molar-refractivity contribution in [3.63, 3.8) is 0 Å². The Morgan fingerprint density at radius 2 is 1.96 bits per heavy atom. The lowest BCUT2D eigenvalue weighted by Gasteiger charge is -2.19. The fourth-order valence-corrected chi connectivity index (χ4v) is 2.51. The van der Waals surface area contributed by atoms with Crippen LogP contribution in [0.4, 0.5) is 14.6 Å². The molecule has 0 radical (unpaired) electrons. The lowest BCUT2D eigenvalue weighted by Crippen LogP contribution is -2.29. The summed E-state index contributed by atoms with van der Waals surface area (Å²) in [6.07, 6.45) is 3.16. The maximum absolute atomic E-state index is 12.3. The number of nitrogens with zero attached hydrogens (tertiary/aromatic N) is 3. The molecule has 0 bridgehead atoms. The van der Waals surface area contributed by atoms with Crippen molar-refractivity contribution in [2.24, 2.45) is 0 Å². The molecule has 0 aliphatic carbocycles. The highest BCUT2D eigenvalue weighted by Crippen LogP contribution is 2.36. The van der Waals surface area contributed by atoms with Crippen LogP contribution in [0.15, 0.2) is 36.7 Å². The fraction of sp³-hybridized carbons (Fsp3) is 0.278. The van der Waals surface area contributed by atoms with Crippen LogP contribution < -0.4 is 10.1 Å². The van der Waals surface area contributed by atoms with Crippen LogP contribution in [0.25, 0.3) is 22.0 Å². The molecule has 0 unspecified atom stereocenters. The van der Waals surface area contributed by atoms with Crippen LogP contribution in [0.2, 0.25) is 0 Å². The largest absolute Gasteiger partial charge is 0.507 e. The van der Waals surface area contributed by atoms with Crippen LogP contribution in [0.5, 0.6) is 11.5 Å². The van der Waals surface area contributed by atoms with Crippen LogP contribution in [-0.2, 0) is 0 Å². The zero-order valence-corrected chi connectivity index (χ0v) is 14.6. The van der Waals surface area contributed by atoms with Crippen molar-refractivity contribution in [1.82, 2.24) is 15.2 Å². The minimum Gasteiger partial charge on any atom is -0.507 e. The van der Waals surface area contributed by atoms with E-state index in [1.54, 1.807) is 32.3 Å². The molecule has 1 aromatic carbocycles. The Kier molecular flexibility index (Phi) is 5.04. The number of nitrogens with one attached hydrogen (secondary N) is 1. The monoisotopic (exact) mass is 376 g/mol. The zero-order valence-electron chi connectivity index (χ0n) is 14.6. The molecule has 0 atom stereocenters. The number of pyridine rings is 1. The Bertz CT molecular complexity index is 961. The summed E-state index contributed by atoms with van der Waals surface area (Å²) < 4.78 is 28.9. The van der Waals surface area contributed by atoms with Gasteiger partial charge in [0.2, 0.25) is 0 Å². The van der Waals surface area contributed by atoms with E-state index in [4.69, 9.17) is 0 Å². The lowest BCUT2D eigenvalue weighted by atomic mass is 10.0. The molecule has 3 rings (SSSR count). The summed E-state index contributed by atoms with van der Waals surface area (Å²) in [5.41, 5.74) is -0.273. The SMILES string of the molecule is CC(C)(O)CNc1nnc(-c2ccc(OC(F)F)cc2O)c2ccncc12. The third-order valence-corrected chi connectivity index (χ3v) is 3.72. The van der Waals surface area contributed by atoms with Gasteiger partial charge >= 0.3 is 6.61 Å². The second kappa shape index (κ2) is 7.28. The first-order valence-corrected chi connectivity index (χ1v) is 8.09. The first kappa shape index (κ1) is 18.7. The van der Waals surface area contributed by atoms with Crippen molar-refractivity contribution in [3.05, 3.63) is 36.7 Å². The van der Waals surface area contributed by atoms with Gasteiger partial charge < -0.3 is 20.3 Å². The summed E-state index contributed by atoms with van der Waals surface area (Å²) in [6, 6.07) is 5.55. The molecule has 3 N–H and O–H groups in total. The number of anilines is 1. The van der Waals surface area contributed by atoms with E-state index in [2.05, 4.69) is 25.2 Å². The van der Waals surface area contributed by atoms with Crippen LogP contribution in [0.3, 0.4) is 0 Å². The van der Waals surface area contributed by atoms with E-state index in [0.717, 1.165) is 6.07 Å². The number of aromatic hydroxyl groups is 1. The van der Waals surface area contributed by atoms with Crippen LogP contribution in [-0.4, -0.2) is 44.2 Å². The highest BCUT2D eigenvalue weighted by atomic mass is 19.3. The third kappa shape index (κ3) is 4.37. The van der Waals surface area contributed by atoms with E-state index in [1.807, 2.05) is 0 Å². The highest BCUT2D eigenvalue weighted by Gasteiger charge is 2.17. The maximum atomic E-state index is 12.3. The molecule has 0 saturated heterocycles. The zero-order chi connectivity index (χ0) is 19.6. The molecular weight excluding hydrogens is 358 g/mol. The van der Waals surface area contributed by atoms with Gasteiger partial charge in [-0.15, -0.1) is 10.2 Å². The number of hydrogen-bond donors (Lipinski definition) is 3. The van der Waals surface area contributed by atoms with Gasteiger partial charge in [-0.2, -0.15) is 8.78 Å². The van der Waals surface area contributed by atoms with Gasteiger partial charge in [-0.1, -0.05) is 0 Å². The Balaban J connectivity index is 2.03. The van der Waals surface area contributed by atoms with E-state index in [-0.39, 0.29) is 18.0 Å². The number of aromatic nitrogens is 3. The Morgan fingerprint density at radius 3 is 2.63 bits per heavy atom. The van der Waals surface area contributed by atoms with E-state index in [1.165, 1.54) is 12.1 Å². The molecule has 2 heterocycles. The quantitative estimate of drug-likeness (QED) is 0.607. The Labute approximate surface area is 153 Å². The van der Waals surface area contributed by atoms with Crippen molar-refractivity contribution < 1.29 is 23.7 Å². The molecule has 0 amide bonds. The Morgan fingerprint density at radius 1 is 1.19 bits per heavy atom. The van der Waals surface area contributed by atoms with Crippen molar-refractivity contribution >= 4 is 16.6 Å². The second-order valence-electron chi connectivity index (χ2n) is 6.54. The predicted molar refractivity (Wildman–Crippen MR) is 95.9 cm³/mol. The summed E-state index contributed by atoms with van der Waals surface area (Å²) >= 11 is 0. The molecule has 0 fully saturated rings. The third-order valence-electron chi connectivity index (χ3n) is 3.72. The molecule has 142 valence electrons. The minimum absolute atomic E-state index is 0.159. The first-order valence-electron chi connectivity index (χ1n) is 8.09. The molecular formula is C18H18F2N4O3. The van der Waals surface area contributed by atoms with Crippen molar-refractivity contribution in [2.45, 2.75) is 26.1 Å². The van der Waals surface area contributed by atoms with Gasteiger partial charge in [0.05, 0.1) is 5.60 Å². The van der Waals surface area contributed by atoms with Crippen LogP contribution in [0.1, 0.15) is 13.8 Å². The minimum atomic E-state index is -2.98. The molecule has 2 aromatic heterocycles. The van der Waals surface area contributed by atoms with E-state index in [9.17, 15) is 19.0 Å². The summed E-state index contributed by atoms with van der Waals surface area (Å²) in [5.74, 6) is 0.00697. The van der Waals surface area contributed by atoms with Gasteiger partial charge in [0, 0.05) is 41.3 Å². The second-order valence-corrected chi connectivity index (χ2v) is 6.54. The molecule has 7 nitrogen and oxygen atoms in total. The van der Waals surface area contributed by atoms with Gasteiger partial charge in [-0.3, -0.25) is 4.98 Å². The lowest BCUT2D eigenvalue weighted by molar-refractivity contribution is -0.0499. The molecule has 0 saturated carbocycles. The number of halogens is 2. The standard InChI is InChI=1S/C18H18F2N4O3/c1-18(2,26)9-22-16-13-8-21-6-5-11(13)15(23-24-16)12-4-3-10(7-14(12)25)27-17(19)20/h3-8,17,25-26H,9H2,1-2H3,(H,22,24). The smallest absolute Gasteiger partial charge is 0.387 e. The number of phenols is 1. The molecule has 27 heavy (non-hydrogen) atoms. The van der Waals surface area contributed by atoms with Gasteiger partial charge in [0.1, 0.15) is 17.2 Å². The number of hydrogen-bond acceptors (Lipinski definition) is 7. The molecule has 0 spiro atoms. The van der Waals surface area contributed by atoms with Gasteiger partial charge in [0.15, 0.2) is 5.82 Å². The average Bonchev–Trinajstić information content (AvgIpc) is 2.59. The number of aliphatic hydroxyl groups is 1. The van der Waals surface area contributed by atoms with E-state index < -0.39 is 12.2 Å². The van der Waals surface area contributed by atoms with E-state index >= 15 is 0 Å². The number of ether oxygens (including phenoxy) is 1. The van der Waals surface area contributed by atoms with Gasteiger partial charge in [-0.05, 0) is 32.0 Å². The summed E-state index contributed by atoms with van der Waals surface area (Å²) in [4.78, 5) is 4.09. The molecule has 9 heteroatoms. The van der Waals surface area contributed by atoms with Crippen molar-refractivity contribution in [3.8, 4) is 22.8 Å². The highest BCUT2D eigenvalue weighted by molar-refractivity contribution is 6.00. The van der Waals surface area contributed by atoms with Crippen LogP contribution in [0, 0.1) is 0 Å². The van der Waals surface area contributed by atoms with Gasteiger partial charge in [0.25, 0.3) is 0 Å². The average molecular weight is 376 g/mol. The first-order chi connectivity index (χ1) is 12.7. The van der Waals surface area contributed by atoms with Crippen molar-refractivity contribution in [2.75, 3.05) is 11.9 Å². The topological polar surface area (TPSA) is 100 Å². The number of benzene rings is 1. The normalized spacial score (nSPS) is 11.8. The van der Waals surface area contributed by atoms with Crippen molar-refractivity contribution in [1.29, 1.82) is 0 Å². The molecule has 3 aromatic rings. The van der Waals surface area contributed by atoms with Crippen LogP contribution >= 0.6 is 0 Å². The molecule has 0 aliphatic heterocycles. The number of fused-ring (bicyclic) bond motifs is 1.